The predicted octanol–water partition coefficient (Wildman–Crippen LogP) is 4.00. The molecular weight excluding hydrogens is 374 g/mol. The van der Waals surface area contributed by atoms with Gasteiger partial charge >= 0.3 is 12.1 Å². The van der Waals surface area contributed by atoms with Crippen molar-refractivity contribution in [3.63, 3.8) is 0 Å². The van der Waals surface area contributed by atoms with Gasteiger partial charge < -0.3 is 14.3 Å². The van der Waals surface area contributed by atoms with E-state index < -0.39 is 12.1 Å². The van der Waals surface area contributed by atoms with E-state index in [1.807, 2.05) is 29.1 Å². The van der Waals surface area contributed by atoms with Crippen LogP contribution in [0.3, 0.4) is 0 Å². The highest BCUT2D eigenvalue weighted by Gasteiger charge is 2.12. The van der Waals surface area contributed by atoms with Crippen LogP contribution in [0.4, 0.5) is 10.5 Å². The number of amides is 1. The number of unbranched alkanes of at least 4 members (excludes halogenated alkanes) is 2. The molecule has 2 N–H and O–H groups in total. The normalized spacial score (nSPS) is 10.8. The summed E-state index contributed by atoms with van der Waals surface area (Å²) in [4.78, 5) is 26.6. The fourth-order valence-electron chi connectivity index (χ4n) is 2.91. The van der Waals surface area contributed by atoms with Crippen LogP contribution in [0.5, 0.6) is 0 Å². The lowest BCUT2D eigenvalue weighted by Crippen LogP contribution is -2.32. The Morgan fingerprint density at radius 3 is 2.69 bits per heavy atom. The number of carboxylic acids is 1. The van der Waals surface area contributed by atoms with Crippen LogP contribution in [0.15, 0.2) is 47.1 Å². The second-order valence-electron chi connectivity index (χ2n) is 6.58. The number of carbonyl (C=O) groups excluding carboxylic acids is 1. The highest BCUT2D eigenvalue weighted by molar-refractivity contribution is 5.88. The first kappa shape index (κ1) is 20.3. The summed E-state index contributed by atoms with van der Waals surface area (Å²) in [6, 6.07) is 9.10. The van der Waals surface area contributed by atoms with Gasteiger partial charge in [0, 0.05) is 42.3 Å². The van der Waals surface area contributed by atoms with E-state index in [-0.39, 0.29) is 6.42 Å². The number of aliphatic carboxylic acids is 1. The van der Waals surface area contributed by atoms with Crippen molar-refractivity contribution >= 4 is 28.8 Å². The van der Waals surface area contributed by atoms with Crippen LogP contribution in [-0.2, 0) is 16.1 Å². The van der Waals surface area contributed by atoms with Gasteiger partial charge in [-0.25, -0.2) is 14.3 Å². The van der Waals surface area contributed by atoms with Crippen molar-refractivity contribution in [2.24, 2.45) is 0 Å². The van der Waals surface area contributed by atoms with Gasteiger partial charge in [-0.2, -0.15) is 0 Å². The van der Waals surface area contributed by atoms with Crippen molar-refractivity contribution in [3.05, 3.63) is 42.7 Å². The second kappa shape index (κ2) is 9.68. The molecule has 0 fully saturated rings. The van der Waals surface area contributed by atoms with Gasteiger partial charge in [0.2, 0.25) is 5.89 Å². The molecule has 0 aliphatic rings. The van der Waals surface area contributed by atoms with Gasteiger partial charge in [-0.05, 0) is 31.9 Å². The van der Waals surface area contributed by atoms with Crippen LogP contribution in [0, 0.1) is 0 Å². The molecule has 1 amide bonds. The van der Waals surface area contributed by atoms with Crippen molar-refractivity contribution in [1.82, 2.24) is 4.98 Å². The van der Waals surface area contributed by atoms with Crippen molar-refractivity contribution in [1.29, 1.82) is 0 Å². The van der Waals surface area contributed by atoms with Crippen molar-refractivity contribution in [2.45, 2.75) is 39.2 Å². The summed E-state index contributed by atoms with van der Waals surface area (Å²) in [6.45, 7) is 2.88. The number of ether oxygens (including phenoxy) is 1. The molecule has 0 unspecified atom stereocenters. The number of fused-ring (bicyclic) bond motifs is 1. The fourth-order valence-corrected chi connectivity index (χ4v) is 2.91. The lowest BCUT2D eigenvalue weighted by molar-refractivity contribution is -0.697. The summed E-state index contributed by atoms with van der Waals surface area (Å²) in [5.41, 5.74) is 2.70. The summed E-state index contributed by atoms with van der Waals surface area (Å²) in [7, 11) is 0. The molecule has 0 bridgehead atoms. The summed E-state index contributed by atoms with van der Waals surface area (Å²) >= 11 is 0. The first-order valence-corrected chi connectivity index (χ1v) is 9.61. The van der Waals surface area contributed by atoms with Gasteiger partial charge in [0.15, 0.2) is 18.0 Å². The van der Waals surface area contributed by atoms with E-state index in [1.165, 1.54) is 0 Å². The number of carboxylic acid groups (broad SMARTS) is 1. The third-order valence-corrected chi connectivity index (χ3v) is 4.36. The highest BCUT2D eigenvalue weighted by atomic mass is 16.5. The smallest absolute Gasteiger partial charge is 0.411 e. The van der Waals surface area contributed by atoms with Crippen LogP contribution >= 0.6 is 0 Å². The fraction of sp³-hybridized carbons (Fsp3) is 0.333. The SMILES string of the molecule is CCOC(=O)Nc1ccc2nc(-c3cc[n+](CCCCCC(=O)O)cc3)oc2c1. The number of hydrogen-bond acceptors (Lipinski definition) is 5. The quantitative estimate of drug-likeness (QED) is 0.417. The van der Waals surface area contributed by atoms with Crippen molar-refractivity contribution in [2.75, 3.05) is 11.9 Å². The molecule has 8 heteroatoms. The molecule has 1 aromatic carbocycles. The molecule has 0 spiro atoms. The van der Waals surface area contributed by atoms with Crippen molar-refractivity contribution in [3.8, 4) is 11.5 Å². The number of nitrogens with zero attached hydrogens (tertiary/aromatic N) is 2. The first-order chi connectivity index (χ1) is 14.0. The Morgan fingerprint density at radius 1 is 1.17 bits per heavy atom. The van der Waals surface area contributed by atoms with Gasteiger partial charge in [-0.1, -0.05) is 0 Å². The Bertz CT molecular complexity index is 982. The Kier molecular flexibility index (Phi) is 6.78. The molecule has 0 aliphatic carbocycles. The number of oxazole rings is 1. The number of aryl methyl sites for hydroxylation is 1. The van der Waals surface area contributed by atoms with Gasteiger partial charge in [0.05, 0.1) is 6.61 Å². The number of carbonyl (C=O) groups is 2. The van der Waals surface area contributed by atoms with Crippen LogP contribution in [0.2, 0.25) is 0 Å². The van der Waals surface area contributed by atoms with E-state index in [4.69, 9.17) is 14.3 Å². The van der Waals surface area contributed by atoms with E-state index in [9.17, 15) is 9.59 Å². The van der Waals surface area contributed by atoms with Gasteiger partial charge in [-0.15, -0.1) is 0 Å². The van der Waals surface area contributed by atoms with E-state index in [2.05, 4.69) is 10.3 Å². The Morgan fingerprint density at radius 2 is 1.97 bits per heavy atom. The van der Waals surface area contributed by atoms with Crippen LogP contribution in [0.1, 0.15) is 32.6 Å². The molecule has 0 aliphatic heterocycles. The number of rotatable bonds is 9. The zero-order chi connectivity index (χ0) is 20.6. The maximum atomic E-state index is 11.5. The number of nitrogens with one attached hydrogen (secondary N) is 1. The number of pyridine rings is 1. The minimum atomic E-state index is -0.746. The van der Waals surface area contributed by atoms with Gasteiger partial charge in [0.1, 0.15) is 12.1 Å². The molecule has 0 saturated heterocycles. The molecule has 3 aromatic rings. The number of benzene rings is 1. The zero-order valence-electron chi connectivity index (χ0n) is 16.3. The van der Waals surface area contributed by atoms with Crippen LogP contribution in [-0.4, -0.2) is 28.8 Å². The van der Waals surface area contributed by atoms with Gasteiger partial charge in [0.25, 0.3) is 0 Å². The largest absolute Gasteiger partial charge is 0.481 e. The van der Waals surface area contributed by atoms with E-state index >= 15 is 0 Å². The molecule has 0 radical (unpaired) electrons. The lowest BCUT2D eigenvalue weighted by Gasteiger charge is -2.03. The number of aromatic nitrogens is 2. The number of anilines is 1. The molecule has 152 valence electrons. The standard InChI is InChI=1S/C21H23N3O5/c1-2-28-21(27)22-16-7-8-17-18(14-16)29-20(23-17)15-9-12-24(13-10-15)11-5-3-4-6-19(25)26/h7-10,12-14H,2-6,11H2,1H3,(H,25,26)/p+1. The highest BCUT2D eigenvalue weighted by Crippen LogP contribution is 2.25. The molecule has 29 heavy (non-hydrogen) atoms. The lowest BCUT2D eigenvalue weighted by atomic mass is 10.2. The number of hydrogen-bond donors (Lipinski definition) is 2. The summed E-state index contributed by atoms with van der Waals surface area (Å²) in [6.07, 6.45) is 6.12. The first-order valence-electron chi connectivity index (χ1n) is 9.61. The van der Waals surface area contributed by atoms with E-state index in [0.29, 0.717) is 35.7 Å². The van der Waals surface area contributed by atoms with Crippen LogP contribution < -0.4 is 9.88 Å². The monoisotopic (exact) mass is 398 g/mol. The predicted molar refractivity (Wildman–Crippen MR) is 106 cm³/mol. The zero-order valence-corrected chi connectivity index (χ0v) is 16.3. The topological polar surface area (TPSA) is 106 Å². The molecule has 2 heterocycles. The van der Waals surface area contributed by atoms with E-state index in [1.54, 1.807) is 25.1 Å². The molecular formula is C21H24N3O5+. The molecule has 0 atom stereocenters. The third kappa shape index (κ3) is 5.78. The average molecular weight is 398 g/mol. The minimum Gasteiger partial charge on any atom is -0.481 e. The maximum Gasteiger partial charge on any atom is 0.411 e. The molecule has 2 aromatic heterocycles. The average Bonchev–Trinajstić information content (AvgIpc) is 3.11. The Hall–Kier alpha value is -3.42. The minimum absolute atomic E-state index is 0.221. The van der Waals surface area contributed by atoms with Crippen LogP contribution in [0.25, 0.3) is 22.6 Å². The second-order valence-corrected chi connectivity index (χ2v) is 6.58. The Labute approximate surface area is 168 Å². The summed E-state index contributed by atoms with van der Waals surface area (Å²) < 4.78 is 12.8. The molecule has 3 rings (SSSR count). The maximum absolute atomic E-state index is 11.5. The van der Waals surface area contributed by atoms with E-state index in [0.717, 1.165) is 24.9 Å². The van der Waals surface area contributed by atoms with Gasteiger partial charge in [-0.3, -0.25) is 10.1 Å². The third-order valence-electron chi connectivity index (χ3n) is 4.36. The summed E-state index contributed by atoms with van der Waals surface area (Å²) in [5.74, 6) is -0.244. The Balaban J connectivity index is 1.62. The molecule has 8 nitrogen and oxygen atoms in total. The summed E-state index contributed by atoms with van der Waals surface area (Å²) in [5, 5.41) is 11.3. The van der Waals surface area contributed by atoms with Crippen molar-refractivity contribution < 1.29 is 28.4 Å². The molecule has 0 saturated carbocycles.